The maximum absolute atomic E-state index is 12.6. The zero-order valence-corrected chi connectivity index (χ0v) is 13.1. The lowest BCUT2D eigenvalue weighted by Gasteiger charge is -2.12. The molecule has 0 aliphatic rings. The molecule has 0 saturated carbocycles. The molecule has 2 rings (SSSR count). The highest BCUT2D eigenvalue weighted by Crippen LogP contribution is 2.16. The average molecular weight is 302 g/mol. The van der Waals surface area contributed by atoms with Gasteiger partial charge in [-0.3, -0.25) is 4.79 Å². The summed E-state index contributed by atoms with van der Waals surface area (Å²) < 4.78 is 6.88. The molecule has 0 radical (unpaired) electrons. The van der Waals surface area contributed by atoms with Gasteiger partial charge in [-0.1, -0.05) is 6.07 Å². The van der Waals surface area contributed by atoms with E-state index in [4.69, 9.17) is 10.5 Å². The molecule has 0 fully saturated rings. The number of carbonyl (C=O) groups excluding carboxylic acids is 1. The fourth-order valence-corrected chi connectivity index (χ4v) is 2.52. The molecule has 0 spiro atoms. The second-order valence-electron chi connectivity index (χ2n) is 5.12. The molecule has 2 N–H and O–H groups in total. The van der Waals surface area contributed by atoms with Gasteiger partial charge in [0.25, 0.3) is 0 Å². The van der Waals surface area contributed by atoms with Crippen LogP contribution in [0.5, 0.6) is 0 Å². The second-order valence-corrected chi connectivity index (χ2v) is 5.12. The molecular weight excluding hydrogens is 280 g/mol. The summed E-state index contributed by atoms with van der Waals surface area (Å²) in [5.41, 5.74) is 7.24. The number of nitrogens with zero attached hydrogens (tertiary/aromatic N) is 1. The minimum atomic E-state index is -0.566. The summed E-state index contributed by atoms with van der Waals surface area (Å²) in [5, 5.41) is 0.557. The number of hydrogen-bond acceptors (Lipinski definition) is 4. The number of aryl methyl sites for hydroxylation is 2. The first kappa shape index (κ1) is 16.2. The standard InChI is InChI=1S/C17H22N2O3/c1-3-19-11-14(17(21)22-4-2)16(20)13-10-12(6-5-9-18)7-8-15(13)19/h7-8,10-11H,3-6,9,18H2,1-2H3. The van der Waals surface area contributed by atoms with Crippen molar-refractivity contribution in [3.05, 3.63) is 45.7 Å². The van der Waals surface area contributed by atoms with Gasteiger partial charge in [0, 0.05) is 18.1 Å². The van der Waals surface area contributed by atoms with E-state index in [1.807, 2.05) is 29.7 Å². The van der Waals surface area contributed by atoms with Crippen molar-refractivity contribution in [3.63, 3.8) is 0 Å². The first-order valence-electron chi connectivity index (χ1n) is 7.65. The maximum atomic E-state index is 12.6. The van der Waals surface area contributed by atoms with E-state index in [0.29, 0.717) is 18.5 Å². The molecule has 5 heteroatoms. The molecule has 0 aliphatic heterocycles. The Morgan fingerprint density at radius 3 is 2.73 bits per heavy atom. The van der Waals surface area contributed by atoms with Gasteiger partial charge in [0.05, 0.1) is 12.1 Å². The lowest BCUT2D eigenvalue weighted by Crippen LogP contribution is -2.21. The van der Waals surface area contributed by atoms with Gasteiger partial charge < -0.3 is 15.0 Å². The Morgan fingerprint density at radius 2 is 2.09 bits per heavy atom. The fourth-order valence-electron chi connectivity index (χ4n) is 2.52. The molecule has 22 heavy (non-hydrogen) atoms. The smallest absolute Gasteiger partial charge is 0.343 e. The lowest BCUT2D eigenvalue weighted by atomic mass is 10.0. The number of rotatable bonds is 6. The van der Waals surface area contributed by atoms with Crippen LogP contribution in [-0.4, -0.2) is 23.7 Å². The number of aromatic nitrogens is 1. The van der Waals surface area contributed by atoms with Crippen LogP contribution in [0.15, 0.2) is 29.2 Å². The first-order chi connectivity index (χ1) is 10.6. The predicted octanol–water partition coefficient (Wildman–Crippen LogP) is 2.09. The molecule has 118 valence electrons. The fraction of sp³-hybridized carbons (Fsp3) is 0.412. The Balaban J connectivity index is 2.61. The van der Waals surface area contributed by atoms with Crippen LogP contribution in [0.1, 0.15) is 36.2 Å². The number of carbonyl (C=O) groups is 1. The molecule has 5 nitrogen and oxygen atoms in total. The molecule has 0 saturated heterocycles. The number of pyridine rings is 1. The Morgan fingerprint density at radius 1 is 1.32 bits per heavy atom. The Bertz CT molecular complexity index is 734. The Kier molecular flexibility index (Phi) is 5.33. The van der Waals surface area contributed by atoms with Crippen molar-refractivity contribution in [2.45, 2.75) is 33.2 Å². The van der Waals surface area contributed by atoms with Crippen molar-refractivity contribution in [2.24, 2.45) is 5.73 Å². The van der Waals surface area contributed by atoms with Crippen molar-refractivity contribution in [1.29, 1.82) is 0 Å². The van der Waals surface area contributed by atoms with E-state index in [9.17, 15) is 9.59 Å². The minimum absolute atomic E-state index is 0.0900. The lowest BCUT2D eigenvalue weighted by molar-refractivity contribution is 0.0524. The zero-order valence-electron chi connectivity index (χ0n) is 13.1. The summed E-state index contributed by atoms with van der Waals surface area (Å²) in [4.78, 5) is 24.6. The Hall–Kier alpha value is -2.14. The summed E-state index contributed by atoms with van der Waals surface area (Å²) >= 11 is 0. The van der Waals surface area contributed by atoms with Crippen LogP contribution in [0.2, 0.25) is 0 Å². The SMILES string of the molecule is CCOC(=O)c1cn(CC)c2ccc(CCCN)cc2c1=O. The van der Waals surface area contributed by atoms with Crippen LogP contribution in [0.4, 0.5) is 0 Å². The largest absolute Gasteiger partial charge is 0.462 e. The van der Waals surface area contributed by atoms with Crippen LogP contribution in [0, 0.1) is 0 Å². The van der Waals surface area contributed by atoms with E-state index < -0.39 is 5.97 Å². The topological polar surface area (TPSA) is 74.3 Å². The number of benzene rings is 1. The van der Waals surface area contributed by atoms with Gasteiger partial charge in [-0.05, 0) is 50.9 Å². The third kappa shape index (κ3) is 3.20. The second kappa shape index (κ2) is 7.22. The summed E-state index contributed by atoms with van der Waals surface area (Å²) in [6.07, 6.45) is 3.27. The zero-order chi connectivity index (χ0) is 16.1. The third-order valence-electron chi connectivity index (χ3n) is 3.65. The van der Waals surface area contributed by atoms with E-state index in [-0.39, 0.29) is 17.6 Å². The average Bonchev–Trinajstić information content (AvgIpc) is 2.53. The van der Waals surface area contributed by atoms with E-state index in [2.05, 4.69) is 0 Å². The normalized spacial score (nSPS) is 10.9. The van der Waals surface area contributed by atoms with Gasteiger partial charge in [0.2, 0.25) is 5.43 Å². The number of esters is 1. The van der Waals surface area contributed by atoms with Gasteiger partial charge in [0.15, 0.2) is 0 Å². The van der Waals surface area contributed by atoms with Crippen LogP contribution >= 0.6 is 0 Å². The van der Waals surface area contributed by atoms with Crippen LogP contribution in [0.25, 0.3) is 10.9 Å². The van der Waals surface area contributed by atoms with Crippen molar-refractivity contribution in [1.82, 2.24) is 4.57 Å². The van der Waals surface area contributed by atoms with Gasteiger partial charge in [0.1, 0.15) is 5.56 Å². The molecule has 1 aromatic carbocycles. The molecule has 2 aromatic rings. The van der Waals surface area contributed by atoms with E-state index >= 15 is 0 Å². The molecule has 0 aliphatic carbocycles. The molecular formula is C17H22N2O3. The summed E-state index contributed by atoms with van der Waals surface area (Å²) in [6, 6.07) is 5.80. The third-order valence-corrected chi connectivity index (χ3v) is 3.65. The predicted molar refractivity (Wildman–Crippen MR) is 87.2 cm³/mol. The number of ether oxygens (including phenoxy) is 1. The highest BCUT2D eigenvalue weighted by atomic mass is 16.5. The van der Waals surface area contributed by atoms with Crippen molar-refractivity contribution in [3.8, 4) is 0 Å². The van der Waals surface area contributed by atoms with Gasteiger partial charge in [-0.25, -0.2) is 4.79 Å². The molecule has 0 unspecified atom stereocenters. The summed E-state index contributed by atoms with van der Waals surface area (Å²) in [5.74, 6) is -0.566. The highest BCUT2D eigenvalue weighted by molar-refractivity contribution is 5.93. The summed E-state index contributed by atoms with van der Waals surface area (Å²) in [7, 11) is 0. The van der Waals surface area contributed by atoms with E-state index in [1.54, 1.807) is 13.1 Å². The maximum Gasteiger partial charge on any atom is 0.343 e. The highest BCUT2D eigenvalue weighted by Gasteiger charge is 2.16. The van der Waals surface area contributed by atoms with Crippen LogP contribution in [0.3, 0.4) is 0 Å². The van der Waals surface area contributed by atoms with E-state index in [0.717, 1.165) is 23.9 Å². The van der Waals surface area contributed by atoms with Gasteiger partial charge in [-0.15, -0.1) is 0 Å². The Labute approximate surface area is 129 Å². The van der Waals surface area contributed by atoms with Gasteiger partial charge >= 0.3 is 5.97 Å². The number of nitrogens with two attached hydrogens (primary N) is 1. The monoisotopic (exact) mass is 302 g/mol. The van der Waals surface area contributed by atoms with Crippen LogP contribution < -0.4 is 11.2 Å². The molecule has 0 bridgehead atoms. The van der Waals surface area contributed by atoms with E-state index in [1.165, 1.54) is 0 Å². The first-order valence-corrected chi connectivity index (χ1v) is 7.65. The quantitative estimate of drug-likeness (QED) is 0.829. The van der Waals surface area contributed by atoms with Crippen molar-refractivity contribution < 1.29 is 9.53 Å². The molecule has 0 atom stereocenters. The van der Waals surface area contributed by atoms with Crippen LogP contribution in [-0.2, 0) is 17.7 Å². The minimum Gasteiger partial charge on any atom is -0.462 e. The van der Waals surface area contributed by atoms with Gasteiger partial charge in [-0.2, -0.15) is 0 Å². The van der Waals surface area contributed by atoms with Crippen molar-refractivity contribution in [2.75, 3.05) is 13.2 Å². The molecule has 0 amide bonds. The summed E-state index contributed by atoms with van der Waals surface area (Å²) in [6.45, 7) is 5.23. The number of fused-ring (bicyclic) bond motifs is 1. The number of hydrogen-bond donors (Lipinski definition) is 1. The molecule has 1 heterocycles. The van der Waals surface area contributed by atoms with Crippen molar-refractivity contribution >= 4 is 16.9 Å². The molecule has 1 aromatic heterocycles.